The quantitative estimate of drug-likeness (QED) is 0.708. The molecule has 2 N–H and O–H groups in total. The van der Waals surface area contributed by atoms with Crippen LogP contribution in [0.25, 0.3) is 0 Å². The van der Waals surface area contributed by atoms with Crippen molar-refractivity contribution in [2.24, 2.45) is 0 Å². The fraction of sp³-hybridized carbons (Fsp3) is 0.0476. The molecule has 3 aromatic rings. The van der Waals surface area contributed by atoms with E-state index in [9.17, 15) is 9.18 Å². The maximum absolute atomic E-state index is 13.8. The maximum atomic E-state index is 13.8. The van der Waals surface area contributed by atoms with E-state index < -0.39 is 5.82 Å². The highest BCUT2D eigenvalue weighted by Gasteiger charge is 2.12. The van der Waals surface area contributed by atoms with Gasteiger partial charge in [-0.2, -0.15) is 0 Å². The van der Waals surface area contributed by atoms with Gasteiger partial charge in [0.15, 0.2) is 0 Å². The summed E-state index contributed by atoms with van der Waals surface area (Å²) in [6.07, 6.45) is 1.54. The zero-order valence-electron chi connectivity index (χ0n) is 13.9. The van der Waals surface area contributed by atoms with E-state index in [0.29, 0.717) is 5.56 Å². The predicted molar refractivity (Wildman–Crippen MR) is 99.6 cm³/mol. The van der Waals surface area contributed by atoms with Crippen molar-refractivity contribution in [3.8, 4) is 11.8 Å². The topological polar surface area (TPSA) is 54.0 Å². The number of nitrogens with one attached hydrogen (secondary N) is 2. The van der Waals surface area contributed by atoms with E-state index >= 15 is 0 Å². The van der Waals surface area contributed by atoms with Gasteiger partial charge < -0.3 is 10.6 Å². The van der Waals surface area contributed by atoms with Gasteiger partial charge in [-0.1, -0.05) is 42.2 Å². The van der Waals surface area contributed by atoms with Crippen molar-refractivity contribution in [3.63, 3.8) is 0 Å². The van der Waals surface area contributed by atoms with Gasteiger partial charge in [-0.25, -0.2) is 9.37 Å². The summed E-state index contributed by atoms with van der Waals surface area (Å²) in [7, 11) is 0. The predicted octanol–water partition coefficient (Wildman–Crippen LogP) is 3.75. The van der Waals surface area contributed by atoms with Crippen LogP contribution >= 0.6 is 0 Å². The lowest BCUT2D eigenvalue weighted by Gasteiger charge is -2.10. The largest absolute Gasteiger partial charge is 0.341 e. The molecule has 0 saturated heterocycles. The first-order valence-corrected chi connectivity index (χ1v) is 8.03. The summed E-state index contributed by atoms with van der Waals surface area (Å²) in [5.74, 6) is 5.40. The van der Waals surface area contributed by atoms with Gasteiger partial charge >= 0.3 is 0 Å². The van der Waals surface area contributed by atoms with E-state index in [4.69, 9.17) is 0 Å². The maximum Gasteiger partial charge on any atom is 0.255 e. The number of benzene rings is 2. The van der Waals surface area contributed by atoms with E-state index in [1.807, 2.05) is 30.3 Å². The van der Waals surface area contributed by atoms with Crippen molar-refractivity contribution in [2.45, 2.75) is 0 Å². The Morgan fingerprint density at radius 1 is 1.00 bits per heavy atom. The molecule has 3 rings (SSSR count). The van der Waals surface area contributed by atoms with Crippen molar-refractivity contribution in [3.05, 3.63) is 89.9 Å². The zero-order chi connectivity index (χ0) is 18.2. The minimum absolute atomic E-state index is 0.196. The lowest BCUT2D eigenvalue weighted by Crippen LogP contribution is -2.24. The molecule has 1 heterocycles. The molecular weight excluding hydrogens is 329 g/mol. The molecule has 5 heteroatoms. The highest BCUT2D eigenvalue weighted by molar-refractivity contribution is 5.99. The number of anilines is 2. The molecule has 0 unspecified atom stereocenters. The minimum atomic E-state index is -0.418. The molecule has 0 bridgehead atoms. The second-order valence-electron chi connectivity index (χ2n) is 5.35. The van der Waals surface area contributed by atoms with Crippen molar-refractivity contribution in [1.82, 2.24) is 10.3 Å². The lowest BCUT2D eigenvalue weighted by atomic mass is 10.2. The number of nitrogens with zero attached hydrogens (tertiary/aromatic N) is 1. The van der Waals surface area contributed by atoms with E-state index in [1.54, 1.807) is 30.3 Å². The molecule has 0 radical (unpaired) electrons. The molecule has 0 aliphatic carbocycles. The Kier molecular flexibility index (Phi) is 5.58. The van der Waals surface area contributed by atoms with Gasteiger partial charge in [-0.15, -0.1) is 0 Å². The summed E-state index contributed by atoms with van der Waals surface area (Å²) in [5, 5.41) is 5.58. The first kappa shape index (κ1) is 17.2. The average molecular weight is 345 g/mol. The number of pyridine rings is 1. The molecule has 0 saturated carbocycles. The molecule has 4 nitrogen and oxygen atoms in total. The number of halogens is 1. The normalized spacial score (nSPS) is 9.73. The summed E-state index contributed by atoms with van der Waals surface area (Å²) in [6.45, 7) is 0.196. The Morgan fingerprint density at radius 3 is 2.58 bits per heavy atom. The smallest absolute Gasteiger partial charge is 0.255 e. The van der Waals surface area contributed by atoms with Gasteiger partial charge in [-0.05, 0) is 36.4 Å². The molecule has 0 aliphatic rings. The van der Waals surface area contributed by atoms with E-state index in [1.165, 1.54) is 12.3 Å². The van der Waals surface area contributed by atoms with Crippen molar-refractivity contribution < 1.29 is 9.18 Å². The summed E-state index contributed by atoms with van der Waals surface area (Å²) in [5.41, 5.74) is 1.45. The summed E-state index contributed by atoms with van der Waals surface area (Å²) < 4.78 is 13.8. The molecule has 26 heavy (non-hydrogen) atoms. The van der Waals surface area contributed by atoms with Crippen LogP contribution in [-0.4, -0.2) is 17.4 Å². The van der Waals surface area contributed by atoms with Gasteiger partial charge in [-0.3, -0.25) is 4.79 Å². The van der Waals surface area contributed by atoms with Crippen LogP contribution in [0.3, 0.4) is 0 Å². The third-order valence-electron chi connectivity index (χ3n) is 3.52. The Morgan fingerprint density at radius 2 is 1.77 bits per heavy atom. The number of hydrogen-bond acceptors (Lipinski definition) is 3. The Labute approximate surface area is 151 Å². The van der Waals surface area contributed by atoms with Crippen LogP contribution in [0.4, 0.5) is 15.9 Å². The second-order valence-corrected chi connectivity index (χ2v) is 5.35. The van der Waals surface area contributed by atoms with Crippen LogP contribution < -0.4 is 10.6 Å². The standard InChI is InChI=1S/C21H16FN3O/c22-18-12-4-5-13-19(18)25-20-17(11-7-14-23-20)21(26)24-15-6-10-16-8-2-1-3-9-16/h1-5,7-9,11-14H,15H2,(H,23,25)(H,24,26). The molecule has 128 valence electrons. The van der Waals surface area contributed by atoms with Gasteiger partial charge in [0.25, 0.3) is 5.91 Å². The Balaban J connectivity index is 1.68. The highest BCUT2D eigenvalue weighted by atomic mass is 19.1. The third kappa shape index (κ3) is 4.46. The number of carbonyl (C=O) groups excluding carboxylic acids is 1. The molecule has 0 spiro atoms. The van der Waals surface area contributed by atoms with E-state index in [2.05, 4.69) is 27.5 Å². The fourth-order valence-corrected chi connectivity index (χ4v) is 2.27. The number of rotatable bonds is 4. The van der Waals surface area contributed by atoms with Crippen molar-refractivity contribution in [2.75, 3.05) is 11.9 Å². The zero-order valence-corrected chi connectivity index (χ0v) is 13.9. The SMILES string of the molecule is O=C(NCC#Cc1ccccc1)c1cccnc1Nc1ccccc1F. The van der Waals surface area contributed by atoms with Crippen LogP contribution in [0.5, 0.6) is 0 Å². The second kappa shape index (κ2) is 8.45. The first-order valence-electron chi connectivity index (χ1n) is 8.03. The molecule has 1 aromatic heterocycles. The van der Waals surface area contributed by atoms with Gasteiger partial charge in [0, 0.05) is 11.8 Å². The number of aromatic nitrogens is 1. The first-order chi connectivity index (χ1) is 12.7. The van der Waals surface area contributed by atoms with Gasteiger partial charge in [0.1, 0.15) is 11.6 Å². The van der Waals surface area contributed by atoms with Crippen LogP contribution in [0.1, 0.15) is 15.9 Å². The molecular formula is C21H16FN3O. The van der Waals surface area contributed by atoms with Crippen LogP contribution in [-0.2, 0) is 0 Å². The van der Waals surface area contributed by atoms with Crippen LogP contribution in [0.2, 0.25) is 0 Å². The fourth-order valence-electron chi connectivity index (χ4n) is 2.27. The van der Waals surface area contributed by atoms with Gasteiger partial charge in [0.2, 0.25) is 0 Å². The average Bonchev–Trinajstić information content (AvgIpc) is 2.68. The van der Waals surface area contributed by atoms with E-state index in [0.717, 1.165) is 5.56 Å². The summed E-state index contributed by atoms with van der Waals surface area (Å²) >= 11 is 0. The number of para-hydroxylation sites is 1. The van der Waals surface area contributed by atoms with Crippen LogP contribution in [0, 0.1) is 17.7 Å². The number of amides is 1. The lowest BCUT2D eigenvalue weighted by molar-refractivity contribution is 0.0959. The third-order valence-corrected chi connectivity index (χ3v) is 3.52. The summed E-state index contributed by atoms with van der Waals surface area (Å²) in [4.78, 5) is 16.5. The number of carbonyl (C=O) groups is 1. The molecule has 0 fully saturated rings. The van der Waals surface area contributed by atoms with Crippen molar-refractivity contribution >= 4 is 17.4 Å². The monoisotopic (exact) mass is 345 g/mol. The van der Waals surface area contributed by atoms with Crippen LogP contribution in [0.15, 0.2) is 72.9 Å². The summed E-state index contributed by atoms with van der Waals surface area (Å²) in [6, 6.07) is 19.0. The highest BCUT2D eigenvalue weighted by Crippen LogP contribution is 2.20. The Hall–Kier alpha value is -3.65. The Bertz CT molecular complexity index is 961. The number of hydrogen-bond donors (Lipinski definition) is 2. The molecule has 0 atom stereocenters. The van der Waals surface area contributed by atoms with E-state index in [-0.39, 0.29) is 24.0 Å². The minimum Gasteiger partial charge on any atom is -0.341 e. The van der Waals surface area contributed by atoms with Gasteiger partial charge in [0.05, 0.1) is 17.8 Å². The molecule has 1 amide bonds. The molecule has 0 aliphatic heterocycles. The molecule has 2 aromatic carbocycles. The van der Waals surface area contributed by atoms with Crippen molar-refractivity contribution in [1.29, 1.82) is 0 Å².